The normalized spacial score (nSPS) is 15.3. The first-order valence-electron chi connectivity index (χ1n) is 4.21. The Morgan fingerprint density at radius 2 is 2.17 bits per heavy atom. The van der Waals surface area contributed by atoms with Gasteiger partial charge in [-0.15, -0.1) is 0 Å². The van der Waals surface area contributed by atoms with E-state index in [2.05, 4.69) is 5.32 Å². The van der Waals surface area contributed by atoms with Crippen molar-refractivity contribution < 1.29 is 9.53 Å². The Labute approximate surface area is 73.5 Å². The van der Waals surface area contributed by atoms with Crippen molar-refractivity contribution in [2.45, 2.75) is 32.9 Å². The molecule has 0 aromatic heterocycles. The Bertz CT molecular complexity index is 137. The van der Waals surface area contributed by atoms with E-state index in [1.807, 2.05) is 13.8 Å². The SMILES string of the molecule is CCOCC(C)NC(=O)[C@H](C)N. The third kappa shape index (κ3) is 5.09. The van der Waals surface area contributed by atoms with Crippen molar-refractivity contribution in [2.24, 2.45) is 5.73 Å². The van der Waals surface area contributed by atoms with Gasteiger partial charge in [0, 0.05) is 12.6 Å². The molecule has 0 rings (SSSR count). The van der Waals surface area contributed by atoms with Crippen LogP contribution in [0.3, 0.4) is 0 Å². The zero-order chi connectivity index (χ0) is 9.56. The van der Waals surface area contributed by atoms with E-state index >= 15 is 0 Å². The molecular formula is C8H18N2O2. The molecule has 0 aromatic rings. The maximum Gasteiger partial charge on any atom is 0.236 e. The number of carbonyl (C=O) groups excluding carboxylic acids is 1. The number of rotatable bonds is 5. The average Bonchev–Trinajstić information content (AvgIpc) is 2.00. The summed E-state index contributed by atoms with van der Waals surface area (Å²) in [6.45, 7) is 6.66. The molecule has 4 nitrogen and oxygen atoms in total. The predicted molar refractivity (Wildman–Crippen MR) is 47.7 cm³/mol. The van der Waals surface area contributed by atoms with Gasteiger partial charge in [-0.2, -0.15) is 0 Å². The second-order valence-corrected chi connectivity index (χ2v) is 2.86. The summed E-state index contributed by atoms with van der Waals surface area (Å²) >= 11 is 0. The molecule has 0 saturated carbocycles. The Balaban J connectivity index is 3.54. The highest BCUT2D eigenvalue weighted by Crippen LogP contribution is 1.85. The number of carbonyl (C=O) groups is 1. The molecule has 0 aliphatic rings. The second-order valence-electron chi connectivity index (χ2n) is 2.86. The molecule has 0 aliphatic carbocycles. The van der Waals surface area contributed by atoms with Crippen molar-refractivity contribution in [3.63, 3.8) is 0 Å². The molecule has 0 saturated heterocycles. The van der Waals surface area contributed by atoms with Gasteiger partial charge in [-0.05, 0) is 20.8 Å². The number of amides is 1. The summed E-state index contributed by atoms with van der Waals surface area (Å²) in [6, 6.07) is -0.419. The molecule has 2 atom stereocenters. The number of nitrogens with two attached hydrogens (primary N) is 1. The lowest BCUT2D eigenvalue weighted by molar-refractivity contribution is -0.123. The first-order chi connectivity index (χ1) is 5.57. The molecule has 0 aliphatic heterocycles. The van der Waals surface area contributed by atoms with Gasteiger partial charge < -0.3 is 15.8 Å². The van der Waals surface area contributed by atoms with Crippen LogP contribution in [-0.4, -0.2) is 31.2 Å². The molecule has 4 heteroatoms. The van der Waals surface area contributed by atoms with Crippen molar-refractivity contribution in [2.75, 3.05) is 13.2 Å². The molecule has 1 unspecified atom stereocenters. The minimum atomic E-state index is -0.450. The molecule has 12 heavy (non-hydrogen) atoms. The molecule has 0 fully saturated rings. The van der Waals surface area contributed by atoms with E-state index in [0.29, 0.717) is 13.2 Å². The van der Waals surface area contributed by atoms with E-state index in [4.69, 9.17) is 10.5 Å². The fourth-order valence-electron chi connectivity index (χ4n) is 0.711. The molecule has 0 heterocycles. The van der Waals surface area contributed by atoms with Crippen LogP contribution in [0.4, 0.5) is 0 Å². The van der Waals surface area contributed by atoms with Crippen LogP contribution in [0.25, 0.3) is 0 Å². The van der Waals surface area contributed by atoms with Gasteiger partial charge in [-0.1, -0.05) is 0 Å². The second kappa shape index (κ2) is 5.97. The maximum absolute atomic E-state index is 11.0. The zero-order valence-electron chi connectivity index (χ0n) is 7.96. The Hall–Kier alpha value is -0.610. The van der Waals surface area contributed by atoms with Crippen molar-refractivity contribution in [3.05, 3.63) is 0 Å². The van der Waals surface area contributed by atoms with Gasteiger partial charge >= 0.3 is 0 Å². The number of ether oxygens (including phenoxy) is 1. The van der Waals surface area contributed by atoms with Gasteiger partial charge in [-0.25, -0.2) is 0 Å². The molecule has 3 N–H and O–H groups in total. The third-order valence-corrected chi connectivity index (χ3v) is 1.37. The van der Waals surface area contributed by atoms with Gasteiger partial charge in [0.2, 0.25) is 5.91 Å². The van der Waals surface area contributed by atoms with Gasteiger partial charge in [0.05, 0.1) is 12.6 Å². The van der Waals surface area contributed by atoms with E-state index in [1.165, 1.54) is 0 Å². The van der Waals surface area contributed by atoms with Crippen LogP contribution in [0.2, 0.25) is 0 Å². The first-order valence-corrected chi connectivity index (χ1v) is 4.21. The van der Waals surface area contributed by atoms with E-state index in [0.717, 1.165) is 0 Å². The molecule has 0 spiro atoms. The summed E-state index contributed by atoms with van der Waals surface area (Å²) in [5, 5.41) is 2.73. The van der Waals surface area contributed by atoms with Crippen molar-refractivity contribution in [3.8, 4) is 0 Å². The number of hydrogen-bond acceptors (Lipinski definition) is 3. The predicted octanol–water partition coefficient (Wildman–Crippen LogP) is -0.125. The largest absolute Gasteiger partial charge is 0.380 e. The van der Waals surface area contributed by atoms with Gasteiger partial charge in [-0.3, -0.25) is 4.79 Å². The van der Waals surface area contributed by atoms with Crippen LogP contribution >= 0.6 is 0 Å². The average molecular weight is 174 g/mol. The molecule has 0 radical (unpaired) electrons. The lowest BCUT2D eigenvalue weighted by atomic mass is 10.3. The minimum absolute atomic E-state index is 0.0310. The standard InChI is InChI=1S/C8H18N2O2/c1-4-12-5-6(2)10-8(11)7(3)9/h6-7H,4-5,9H2,1-3H3,(H,10,11)/t6?,7-/m0/s1. The summed E-state index contributed by atoms with van der Waals surface area (Å²) in [5.41, 5.74) is 5.36. The van der Waals surface area contributed by atoms with E-state index in [1.54, 1.807) is 6.92 Å². The van der Waals surface area contributed by atoms with Crippen LogP contribution in [0.1, 0.15) is 20.8 Å². The van der Waals surface area contributed by atoms with Crippen LogP contribution in [0, 0.1) is 0 Å². The minimum Gasteiger partial charge on any atom is -0.380 e. The lowest BCUT2D eigenvalue weighted by Crippen LogP contribution is -2.44. The van der Waals surface area contributed by atoms with Crippen LogP contribution in [0.5, 0.6) is 0 Å². The van der Waals surface area contributed by atoms with E-state index in [9.17, 15) is 4.79 Å². The number of nitrogens with one attached hydrogen (secondary N) is 1. The topological polar surface area (TPSA) is 64.3 Å². The third-order valence-electron chi connectivity index (χ3n) is 1.37. The van der Waals surface area contributed by atoms with Crippen LogP contribution < -0.4 is 11.1 Å². The summed E-state index contributed by atoms with van der Waals surface area (Å²) in [6.07, 6.45) is 0. The fraction of sp³-hybridized carbons (Fsp3) is 0.875. The monoisotopic (exact) mass is 174 g/mol. The summed E-state index contributed by atoms with van der Waals surface area (Å²) in [4.78, 5) is 11.0. The zero-order valence-corrected chi connectivity index (χ0v) is 7.96. The molecule has 0 bridgehead atoms. The van der Waals surface area contributed by atoms with E-state index in [-0.39, 0.29) is 11.9 Å². The number of hydrogen-bond donors (Lipinski definition) is 2. The van der Waals surface area contributed by atoms with Gasteiger partial charge in [0.25, 0.3) is 0 Å². The quantitative estimate of drug-likeness (QED) is 0.610. The Kier molecular flexibility index (Phi) is 5.66. The first kappa shape index (κ1) is 11.4. The van der Waals surface area contributed by atoms with Crippen molar-refractivity contribution in [1.29, 1.82) is 0 Å². The molecule has 0 aromatic carbocycles. The lowest BCUT2D eigenvalue weighted by Gasteiger charge is -2.14. The van der Waals surface area contributed by atoms with Crippen LogP contribution in [-0.2, 0) is 9.53 Å². The Morgan fingerprint density at radius 1 is 1.58 bits per heavy atom. The fourth-order valence-corrected chi connectivity index (χ4v) is 0.711. The highest BCUT2D eigenvalue weighted by Gasteiger charge is 2.10. The molecular weight excluding hydrogens is 156 g/mol. The van der Waals surface area contributed by atoms with Crippen LogP contribution in [0.15, 0.2) is 0 Å². The smallest absolute Gasteiger partial charge is 0.236 e. The molecule has 1 amide bonds. The maximum atomic E-state index is 11.0. The summed E-state index contributed by atoms with van der Waals surface area (Å²) in [7, 11) is 0. The highest BCUT2D eigenvalue weighted by molar-refractivity contribution is 5.81. The van der Waals surface area contributed by atoms with Crippen molar-refractivity contribution >= 4 is 5.91 Å². The van der Waals surface area contributed by atoms with Crippen molar-refractivity contribution in [1.82, 2.24) is 5.32 Å². The summed E-state index contributed by atoms with van der Waals surface area (Å²) in [5.74, 6) is -0.137. The Morgan fingerprint density at radius 3 is 2.58 bits per heavy atom. The van der Waals surface area contributed by atoms with Gasteiger partial charge in [0.1, 0.15) is 0 Å². The molecule has 72 valence electrons. The highest BCUT2D eigenvalue weighted by atomic mass is 16.5. The summed E-state index contributed by atoms with van der Waals surface area (Å²) < 4.78 is 5.12. The van der Waals surface area contributed by atoms with Gasteiger partial charge in [0.15, 0.2) is 0 Å². The van der Waals surface area contributed by atoms with E-state index < -0.39 is 6.04 Å².